The van der Waals surface area contributed by atoms with Crippen LogP contribution in [0.5, 0.6) is 5.75 Å². The van der Waals surface area contributed by atoms with Crippen molar-refractivity contribution in [1.82, 2.24) is 9.97 Å². The highest BCUT2D eigenvalue weighted by molar-refractivity contribution is 5.91. The Bertz CT molecular complexity index is 1040. The monoisotopic (exact) mass is 351 g/mol. The number of nitrogens with zero attached hydrogens (tertiary/aromatic N) is 1. The highest BCUT2D eigenvalue weighted by Gasteiger charge is 2.17. The van der Waals surface area contributed by atoms with E-state index in [9.17, 15) is 14.4 Å². The molecule has 0 saturated heterocycles. The van der Waals surface area contributed by atoms with Crippen molar-refractivity contribution in [2.75, 3.05) is 5.32 Å². The quantitative estimate of drug-likeness (QED) is 0.703. The molecule has 3 aromatic rings. The number of H-pyrrole nitrogens is 1. The number of ether oxygens (including phenoxy) is 1. The summed E-state index contributed by atoms with van der Waals surface area (Å²) in [5.41, 5.74) is 1.08. The number of hydrogen-bond donors (Lipinski definition) is 2. The number of amides is 1. The molecule has 2 aromatic heterocycles. The number of pyridine rings is 2. The Balaban J connectivity index is 2.17. The first kappa shape index (κ1) is 17.3. The van der Waals surface area contributed by atoms with E-state index in [1.165, 1.54) is 13.8 Å². The van der Waals surface area contributed by atoms with E-state index in [2.05, 4.69) is 15.3 Å². The molecule has 26 heavy (non-hydrogen) atoms. The largest absolute Gasteiger partial charge is 0.425 e. The molecule has 7 nitrogen and oxygen atoms in total. The lowest BCUT2D eigenvalue weighted by atomic mass is 10.0. The maximum atomic E-state index is 12.6. The van der Waals surface area contributed by atoms with Crippen LogP contribution in [0.25, 0.3) is 11.0 Å². The number of rotatable bonds is 4. The number of benzene rings is 1. The number of nitrogens with one attached hydrogen (secondary N) is 2. The first-order valence-corrected chi connectivity index (χ1v) is 8.00. The summed E-state index contributed by atoms with van der Waals surface area (Å²) >= 11 is 0. The Kier molecular flexibility index (Phi) is 4.79. The minimum Gasteiger partial charge on any atom is -0.425 e. The van der Waals surface area contributed by atoms with E-state index < -0.39 is 11.5 Å². The molecule has 0 bridgehead atoms. The van der Waals surface area contributed by atoms with Crippen LogP contribution in [0.3, 0.4) is 0 Å². The van der Waals surface area contributed by atoms with Crippen LogP contribution in [0, 0.1) is 0 Å². The van der Waals surface area contributed by atoms with E-state index in [1.54, 1.807) is 12.1 Å². The standard InChI is InChI=1S/C19H17N3O4/c1-11(23)20-16-9-8-14-17(26-12(2)24)15(19(25)22-18(14)21-16)10-13-6-4-3-5-7-13/h3-9H,10H2,1-2H3,(H2,20,21,22,23,25). The number of carbonyl (C=O) groups is 2. The van der Waals surface area contributed by atoms with Gasteiger partial charge < -0.3 is 15.0 Å². The van der Waals surface area contributed by atoms with Gasteiger partial charge in [-0.1, -0.05) is 30.3 Å². The highest BCUT2D eigenvalue weighted by Crippen LogP contribution is 2.28. The van der Waals surface area contributed by atoms with Gasteiger partial charge in [-0.15, -0.1) is 0 Å². The Morgan fingerprint density at radius 1 is 1.12 bits per heavy atom. The van der Waals surface area contributed by atoms with Crippen molar-refractivity contribution in [1.29, 1.82) is 0 Å². The highest BCUT2D eigenvalue weighted by atomic mass is 16.5. The van der Waals surface area contributed by atoms with E-state index >= 15 is 0 Å². The molecule has 0 aliphatic rings. The number of hydrogen-bond acceptors (Lipinski definition) is 5. The van der Waals surface area contributed by atoms with Gasteiger partial charge >= 0.3 is 5.97 Å². The van der Waals surface area contributed by atoms with Crippen molar-refractivity contribution in [3.63, 3.8) is 0 Å². The molecule has 2 N–H and O–H groups in total. The van der Waals surface area contributed by atoms with Crippen LogP contribution in [-0.4, -0.2) is 21.8 Å². The summed E-state index contributed by atoms with van der Waals surface area (Å²) in [5.74, 6) is -0.329. The average Bonchev–Trinajstić information content (AvgIpc) is 2.58. The number of carbonyl (C=O) groups excluding carboxylic acids is 2. The lowest BCUT2D eigenvalue weighted by molar-refractivity contribution is -0.131. The fourth-order valence-electron chi connectivity index (χ4n) is 2.66. The first-order valence-electron chi connectivity index (χ1n) is 8.00. The summed E-state index contributed by atoms with van der Waals surface area (Å²) < 4.78 is 5.35. The summed E-state index contributed by atoms with van der Waals surface area (Å²) in [5, 5.41) is 3.04. The molecular weight excluding hydrogens is 334 g/mol. The molecule has 132 valence electrons. The molecule has 2 heterocycles. The van der Waals surface area contributed by atoms with E-state index in [4.69, 9.17) is 4.74 Å². The van der Waals surface area contributed by atoms with Crippen LogP contribution in [0.1, 0.15) is 25.0 Å². The van der Waals surface area contributed by atoms with Crippen molar-refractivity contribution in [3.05, 3.63) is 63.9 Å². The normalized spacial score (nSPS) is 10.5. The fraction of sp³-hybridized carbons (Fsp3) is 0.158. The van der Waals surface area contributed by atoms with Gasteiger partial charge in [0.05, 0.1) is 10.9 Å². The number of aromatic amines is 1. The van der Waals surface area contributed by atoms with Gasteiger partial charge in [-0.2, -0.15) is 0 Å². The van der Waals surface area contributed by atoms with E-state index in [-0.39, 0.29) is 17.3 Å². The second-order valence-corrected chi connectivity index (χ2v) is 5.79. The Morgan fingerprint density at radius 3 is 2.50 bits per heavy atom. The summed E-state index contributed by atoms with van der Waals surface area (Å²) in [7, 11) is 0. The third kappa shape index (κ3) is 3.77. The molecule has 1 amide bonds. The minimum absolute atomic E-state index is 0.182. The summed E-state index contributed by atoms with van der Waals surface area (Å²) in [4.78, 5) is 42.3. The van der Waals surface area contributed by atoms with Gasteiger partial charge in [-0.3, -0.25) is 14.4 Å². The molecule has 0 radical (unpaired) electrons. The Morgan fingerprint density at radius 2 is 1.85 bits per heavy atom. The summed E-state index contributed by atoms with van der Waals surface area (Å²) in [6, 6.07) is 12.6. The molecule has 0 unspecified atom stereocenters. The van der Waals surface area contributed by atoms with Crippen molar-refractivity contribution in [3.8, 4) is 5.75 Å². The molecule has 0 saturated carbocycles. The second kappa shape index (κ2) is 7.18. The molecule has 0 spiro atoms. The molecule has 7 heteroatoms. The zero-order valence-electron chi connectivity index (χ0n) is 14.3. The number of esters is 1. The van der Waals surface area contributed by atoms with Crippen molar-refractivity contribution in [2.45, 2.75) is 20.3 Å². The van der Waals surface area contributed by atoms with Crippen LogP contribution < -0.4 is 15.6 Å². The van der Waals surface area contributed by atoms with Crippen LogP contribution in [0.2, 0.25) is 0 Å². The Hall–Kier alpha value is -3.48. The maximum absolute atomic E-state index is 12.6. The average molecular weight is 351 g/mol. The van der Waals surface area contributed by atoms with Crippen LogP contribution in [0.4, 0.5) is 5.82 Å². The maximum Gasteiger partial charge on any atom is 0.308 e. The first-order chi connectivity index (χ1) is 12.4. The third-order valence-electron chi connectivity index (χ3n) is 3.69. The van der Waals surface area contributed by atoms with Gasteiger partial charge in [0, 0.05) is 20.3 Å². The molecular formula is C19H17N3O4. The Labute approximate surface area is 149 Å². The van der Waals surface area contributed by atoms with Crippen LogP contribution >= 0.6 is 0 Å². The minimum atomic E-state index is -0.530. The number of aromatic nitrogens is 2. The van der Waals surface area contributed by atoms with Gasteiger partial charge in [0.1, 0.15) is 11.5 Å². The second-order valence-electron chi connectivity index (χ2n) is 5.79. The molecule has 0 fully saturated rings. The SMILES string of the molecule is CC(=O)Nc1ccc2c(OC(C)=O)c(Cc3ccccc3)c(=O)[nH]c2n1. The molecule has 0 aliphatic heterocycles. The van der Waals surface area contributed by atoms with Crippen molar-refractivity contribution >= 4 is 28.7 Å². The van der Waals surface area contributed by atoms with Gasteiger partial charge in [0.15, 0.2) is 5.75 Å². The fourth-order valence-corrected chi connectivity index (χ4v) is 2.66. The molecule has 3 rings (SSSR count). The van der Waals surface area contributed by atoms with Crippen molar-refractivity contribution < 1.29 is 14.3 Å². The van der Waals surface area contributed by atoms with E-state index in [0.29, 0.717) is 23.2 Å². The lowest BCUT2D eigenvalue weighted by Crippen LogP contribution is -2.18. The van der Waals surface area contributed by atoms with Crippen molar-refractivity contribution in [2.24, 2.45) is 0 Å². The number of anilines is 1. The van der Waals surface area contributed by atoms with Crippen LogP contribution in [-0.2, 0) is 16.0 Å². The molecule has 0 atom stereocenters. The topological polar surface area (TPSA) is 101 Å². The molecule has 0 aliphatic carbocycles. The predicted octanol–water partition coefficient (Wildman–Crippen LogP) is 2.40. The zero-order chi connectivity index (χ0) is 18.7. The summed E-state index contributed by atoms with van der Waals surface area (Å²) in [6.45, 7) is 2.64. The van der Waals surface area contributed by atoms with Gasteiger partial charge in [0.2, 0.25) is 5.91 Å². The van der Waals surface area contributed by atoms with Gasteiger partial charge in [-0.05, 0) is 17.7 Å². The third-order valence-corrected chi connectivity index (χ3v) is 3.69. The molecule has 1 aromatic carbocycles. The predicted molar refractivity (Wildman–Crippen MR) is 97.2 cm³/mol. The zero-order valence-corrected chi connectivity index (χ0v) is 14.3. The smallest absolute Gasteiger partial charge is 0.308 e. The van der Waals surface area contributed by atoms with E-state index in [0.717, 1.165) is 5.56 Å². The van der Waals surface area contributed by atoms with Gasteiger partial charge in [-0.25, -0.2) is 4.98 Å². The van der Waals surface area contributed by atoms with Crippen LogP contribution in [0.15, 0.2) is 47.3 Å². The lowest BCUT2D eigenvalue weighted by Gasteiger charge is -2.12. The number of fused-ring (bicyclic) bond motifs is 1. The van der Waals surface area contributed by atoms with E-state index in [1.807, 2.05) is 30.3 Å². The van der Waals surface area contributed by atoms with Gasteiger partial charge in [0.25, 0.3) is 5.56 Å². The summed E-state index contributed by atoms with van der Waals surface area (Å²) in [6.07, 6.45) is 0.308.